The molecule has 51 heavy (non-hydrogen) atoms. The third kappa shape index (κ3) is 4.99. The summed E-state index contributed by atoms with van der Waals surface area (Å²) in [7, 11) is 0. The fraction of sp³-hybridized carbons (Fsp3) is 0.864. The SMILES string of the molecule is CCOC(C1CC(C)C2C(O1)C(O)C1(C)C3CCC4(C)C(C)(C)C(OC5CN(Cc6ccccc6)CCO5)CCC45CC35CCC21C)C(C)(C)O. The molecule has 0 radical (unpaired) electrons. The molecule has 286 valence electrons. The molecular formula is C44H69NO6. The Bertz CT molecular complexity index is 1450. The number of aliphatic hydroxyl groups is 2. The monoisotopic (exact) mass is 708 g/mol. The van der Waals surface area contributed by atoms with Crippen molar-refractivity contribution >= 4 is 0 Å². The summed E-state index contributed by atoms with van der Waals surface area (Å²) in [4.78, 5) is 2.49. The van der Waals surface area contributed by atoms with Crippen molar-refractivity contribution in [2.45, 2.75) is 163 Å². The van der Waals surface area contributed by atoms with E-state index >= 15 is 0 Å². The molecule has 14 atom stereocenters. The molecule has 2 spiro atoms. The summed E-state index contributed by atoms with van der Waals surface area (Å²) in [5.74, 6) is 1.16. The number of fused-ring (bicyclic) bond motifs is 4. The molecule has 0 aromatic heterocycles. The Balaban J connectivity index is 1.02. The van der Waals surface area contributed by atoms with Crippen LogP contribution in [0.4, 0.5) is 0 Å². The van der Waals surface area contributed by atoms with Crippen LogP contribution in [0.2, 0.25) is 0 Å². The highest BCUT2D eigenvalue weighted by Crippen LogP contribution is 2.92. The molecule has 2 aliphatic heterocycles. The van der Waals surface area contributed by atoms with E-state index in [9.17, 15) is 10.2 Å². The van der Waals surface area contributed by atoms with Crippen LogP contribution in [-0.4, -0.2) is 83.8 Å². The first kappa shape index (κ1) is 36.9. The Morgan fingerprint density at radius 3 is 2.47 bits per heavy atom. The van der Waals surface area contributed by atoms with Crippen LogP contribution in [0.5, 0.6) is 0 Å². The van der Waals surface area contributed by atoms with Gasteiger partial charge in [-0.15, -0.1) is 0 Å². The van der Waals surface area contributed by atoms with E-state index in [0.717, 1.165) is 45.3 Å². The predicted octanol–water partition coefficient (Wildman–Crippen LogP) is 7.61. The molecule has 2 N–H and O–H groups in total. The van der Waals surface area contributed by atoms with Gasteiger partial charge in [0, 0.05) is 31.7 Å². The fourth-order valence-corrected chi connectivity index (χ4v) is 15.0. The van der Waals surface area contributed by atoms with Crippen molar-refractivity contribution in [3.8, 4) is 0 Å². The lowest BCUT2D eigenvalue weighted by Crippen LogP contribution is -2.63. The van der Waals surface area contributed by atoms with Crippen LogP contribution in [0.25, 0.3) is 0 Å². The van der Waals surface area contributed by atoms with Gasteiger partial charge in [-0.25, -0.2) is 0 Å². The van der Waals surface area contributed by atoms with Crippen LogP contribution in [-0.2, 0) is 25.5 Å². The van der Waals surface area contributed by atoms with E-state index in [1.807, 2.05) is 20.8 Å². The van der Waals surface area contributed by atoms with Crippen molar-refractivity contribution in [2.24, 2.45) is 50.2 Å². The van der Waals surface area contributed by atoms with Crippen molar-refractivity contribution in [1.82, 2.24) is 4.90 Å². The lowest BCUT2D eigenvalue weighted by molar-refractivity contribution is -0.269. The molecular weight excluding hydrogens is 638 g/mol. The van der Waals surface area contributed by atoms with E-state index in [0.29, 0.717) is 31.0 Å². The van der Waals surface area contributed by atoms with Gasteiger partial charge in [-0.05, 0) is 123 Å². The second kappa shape index (κ2) is 12.2. The van der Waals surface area contributed by atoms with Crippen LogP contribution in [0, 0.1) is 50.2 Å². The number of rotatable bonds is 8. The Morgan fingerprint density at radius 1 is 1.02 bits per heavy atom. The average Bonchev–Trinajstić information content (AvgIpc) is 3.71. The molecule has 5 saturated carbocycles. The molecule has 1 aromatic rings. The maximum absolute atomic E-state index is 12.7. The van der Waals surface area contributed by atoms with Gasteiger partial charge in [-0.3, -0.25) is 4.90 Å². The molecule has 1 aromatic carbocycles. The molecule has 7 aliphatic rings. The van der Waals surface area contributed by atoms with Crippen LogP contribution >= 0.6 is 0 Å². The zero-order chi connectivity index (χ0) is 36.4. The number of hydrogen-bond donors (Lipinski definition) is 2. The van der Waals surface area contributed by atoms with E-state index < -0.39 is 17.8 Å². The molecule has 14 unspecified atom stereocenters. The second-order valence-electron chi connectivity index (χ2n) is 20.3. The first-order valence-electron chi connectivity index (χ1n) is 20.7. The number of hydrogen-bond acceptors (Lipinski definition) is 7. The maximum Gasteiger partial charge on any atom is 0.170 e. The Hall–Kier alpha value is -1.06. The lowest BCUT2D eigenvalue weighted by atomic mass is 9.38. The van der Waals surface area contributed by atoms with Gasteiger partial charge in [0.25, 0.3) is 0 Å². The van der Waals surface area contributed by atoms with Crippen molar-refractivity contribution < 1.29 is 29.2 Å². The maximum atomic E-state index is 12.7. The fourth-order valence-electron chi connectivity index (χ4n) is 15.0. The van der Waals surface area contributed by atoms with E-state index in [1.165, 1.54) is 31.2 Å². The normalized spacial score (nSPS) is 49.5. The van der Waals surface area contributed by atoms with Crippen molar-refractivity contribution in [3.05, 3.63) is 35.9 Å². The Kier molecular flexibility index (Phi) is 8.84. The minimum atomic E-state index is -1.02. The molecule has 0 bridgehead atoms. The topological polar surface area (TPSA) is 80.6 Å². The summed E-state index contributed by atoms with van der Waals surface area (Å²) < 4.78 is 26.5. The third-order valence-corrected chi connectivity index (χ3v) is 17.8. The molecule has 7 heteroatoms. The minimum absolute atomic E-state index is 0.00449. The number of morpholine rings is 1. The quantitative estimate of drug-likeness (QED) is 0.288. The van der Waals surface area contributed by atoms with Gasteiger partial charge in [0.15, 0.2) is 6.29 Å². The van der Waals surface area contributed by atoms with Gasteiger partial charge in [-0.1, -0.05) is 71.9 Å². The third-order valence-electron chi connectivity index (χ3n) is 17.8. The largest absolute Gasteiger partial charge is 0.390 e. The molecule has 7 nitrogen and oxygen atoms in total. The molecule has 2 heterocycles. The molecule has 7 fully saturated rings. The van der Waals surface area contributed by atoms with Gasteiger partial charge in [0.2, 0.25) is 0 Å². The molecule has 8 rings (SSSR count). The zero-order valence-electron chi connectivity index (χ0n) is 33.2. The summed E-state index contributed by atoms with van der Waals surface area (Å²) in [6, 6.07) is 10.8. The summed E-state index contributed by atoms with van der Waals surface area (Å²) in [6.45, 7) is 24.6. The molecule has 0 amide bonds. The lowest BCUT2D eigenvalue weighted by Gasteiger charge is -2.67. The minimum Gasteiger partial charge on any atom is -0.390 e. The number of benzene rings is 1. The first-order valence-corrected chi connectivity index (χ1v) is 20.7. The van der Waals surface area contributed by atoms with Crippen molar-refractivity contribution in [3.63, 3.8) is 0 Å². The highest BCUT2D eigenvalue weighted by atomic mass is 16.7. The van der Waals surface area contributed by atoms with Crippen molar-refractivity contribution in [1.29, 1.82) is 0 Å². The smallest absolute Gasteiger partial charge is 0.170 e. The van der Waals surface area contributed by atoms with Crippen LogP contribution < -0.4 is 0 Å². The van der Waals surface area contributed by atoms with Gasteiger partial charge >= 0.3 is 0 Å². The predicted molar refractivity (Wildman–Crippen MR) is 199 cm³/mol. The number of nitrogens with zero attached hydrogens (tertiary/aromatic N) is 1. The zero-order valence-corrected chi connectivity index (χ0v) is 33.2. The molecule has 2 saturated heterocycles. The van der Waals surface area contributed by atoms with Crippen molar-refractivity contribution in [2.75, 3.05) is 26.3 Å². The highest BCUT2D eigenvalue weighted by molar-refractivity contribution is 5.35. The van der Waals surface area contributed by atoms with E-state index in [1.54, 1.807) is 0 Å². The van der Waals surface area contributed by atoms with E-state index in [-0.39, 0.29) is 57.1 Å². The Labute approximate surface area is 308 Å². The van der Waals surface area contributed by atoms with Gasteiger partial charge in [-0.2, -0.15) is 0 Å². The first-order chi connectivity index (χ1) is 24.0. The second-order valence-corrected chi connectivity index (χ2v) is 20.3. The average molecular weight is 708 g/mol. The standard InChI is InChI=1S/C44H69NO6/c1-10-48-37(39(5,6)47)30-24-28(2)34-35(50-30)36(46)42(9)31-16-18-41(8)38(3,4)32(17-19-44(41)27-43(31,44)21-20-40(34,42)7)51-33-26-45(22-23-49-33)25-29-14-12-11-13-15-29/h11-15,28,30-37,46-47H,10,16-27H2,1-9H3. The van der Waals surface area contributed by atoms with E-state index in [2.05, 4.69) is 76.8 Å². The van der Waals surface area contributed by atoms with Crippen LogP contribution in [0.1, 0.15) is 119 Å². The highest BCUT2D eigenvalue weighted by Gasteiger charge is 2.87. The van der Waals surface area contributed by atoms with Gasteiger partial charge in [0.05, 0.1) is 36.6 Å². The molecule has 5 aliphatic carbocycles. The summed E-state index contributed by atoms with van der Waals surface area (Å²) in [6.07, 6.45) is 7.76. The Morgan fingerprint density at radius 2 is 1.76 bits per heavy atom. The summed E-state index contributed by atoms with van der Waals surface area (Å²) in [5.41, 5.74) is 0.820. The summed E-state index contributed by atoms with van der Waals surface area (Å²) in [5, 5.41) is 23.8. The number of ether oxygens (including phenoxy) is 4. The van der Waals surface area contributed by atoms with Crippen LogP contribution in [0.3, 0.4) is 0 Å². The van der Waals surface area contributed by atoms with Gasteiger partial charge in [0.1, 0.15) is 6.10 Å². The van der Waals surface area contributed by atoms with Crippen LogP contribution in [0.15, 0.2) is 30.3 Å². The van der Waals surface area contributed by atoms with E-state index in [4.69, 9.17) is 18.9 Å². The van der Waals surface area contributed by atoms with Gasteiger partial charge < -0.3 is 29.2 Å². The number of aliphatic hydroxyl groups excluding tert-OH is 1. The summed E-state index contributed by atoms with van der Waals surface area (Å²) >= 11 is 0.